The predicted octanol–water partition coefficient (Wildman–Crippen LogP) is 4.24. The molecule has 1 fully saturated rings. The summed E-state index contributed by atoms with van der Waals surface area (Å²) in [5.41, 5.74) is 3.19. The van der Waals surface area contributed by atoms with Crippen molar-refractivity contribution < 1.29 is 19.4 Å². The van der Waals surface area contributed by atoms with Gasteiger partial charge in [-0.2, -0.15) is 0 Å². The number of rotatable bonds is 8. The quantitative estimate of drug-likeness (QED) is 0.371. The number of fused-ring (bicyclic) bond motifs is 1. The number of hydrogen-bond acceptors (Lipinski definition) is 7. The molecule has 0 radical (unpaired) electrons. The zero-order valence-electron chi connectivity index (χ0n) is 21.4. The minimum Gasteiger partial charge on any atom is -0.394 e. The fraction of sp³-hybridized carbons (Fsp3) is 0.357. The molecule has 0 saturated carbocycles. The van der Waals surface area contributed by atoms with Crippen LogP contribution in [0.2, 0.25) is 10.0 Å². The van der Waals surface area contributed by atoms with Crippen molar-refractivity contribution in [2.75, 3.05) is 25.1 Å². The lowest BCUT2D eigenvalue weighted by atomic mass is 10.0. The molecule has 3 heterocycles. The number of ether oxygens (including phenoxy) is 1. The van der Waals surface area contributed by atoms with Crippen LogP contribution in [0.25, 0.3) is 11.3 Å². The number of nitrogens with zero attached hydrogens (tertiary/aromatic N) is 3. The summed E-state index contributed by atoms with van der Waals surface area (Å²) in [6.45, 7) is 3.04. The fourth-order valence-electron chi connectivity index (χ4n) is 4.84. The van der Waals surface area contributed by atoms with Gasteiger partial charge in [0.15, 0.2) is 0 Å². The number of hydrogen-bond donors (Lipinski definition) is 3. The van der Waals surface area contributed by atoms with Gasteiger partial charge in [0, 0.05) is 41.9 Å². The molecular formula is C28H29Cl2N5O4. The smallest absolute Gasteiger partial charge is 0.255 e. The van der Waals surface area contributed by atoms with E-state index in [1.54, 1.807) is 43.5 Å². The van der Waals surface area contributed by atoms with Crippen LogP contribution in [0.15, 0.2) is 48.7 Å². The predicted molar refractivity (Wildman–Crippen MR) is 149 cm³/mol. The van der Waals surface area contributed by atoms with E-state index in [0.29, 0.717) is 51.6 Å². The molecule has 2 amide bonds. The molecular weight excluding hydrogens is 541 g/mol. The Morgan fingerprint density at radius 3 is 2.74 bits per heavy atom. The van der Waals surface area contributed by atoms with E-state index in [-0.39, 0.29) is 31.0 Å². The van der Waals surface area contributed by atoms with Crippen LogP contribution < -0.4 is 10.6 Å². The average molecular weight is 570 g/mol. The summed E-state index contributed by atoms with van der Waals surface area (Å²) in [4.78, 5) is 36.9. The van der Waals surface area contributed by atoms with Crippen molar-refractivity contribution in [3.8, 4) is 11.3 Å². The Bertz CT molecular complexity index is 1380. The third kappa shape index (κ3) is 6.01. The second-order valence-corrected chi connectivity index (χ2v) is 10.5. The van der Waals surface area contributed by atoms with E-state index in [4.69, 9.17) is 27.9 Å². The summed E-state index contributed by atoms with van der Waals surface area (Å²) in [7, 11) is 0. The molecule has 1 saturated heterocycles. The molecule has 9 nitrogen and oxygen atoms in total. The van der Waals surface area contributed by atoms with Crippen LogP contribution >= 0.6 is 23.2 Å². The van der Waals surface area contributed by atoms with E-state index < -0.39 is 12.1 Å². The molecule has 3 N–H and O–H groups in total. The Morgan fingerprint density at radius 1 is 1.21 bits per heavy atom. The van der Waals surface area contributed by atoms with Gasteiger partial charge in [-0.05, 0) is 49.1 Å². The Balaban J connectivity index is 1.31. The van der Waals surface area contributed by atoms with Crippen molar-refractivity contribution in [3.05, 3.63) is 75.4 Å². The van der Waals surface area contributed by atoms with Crippen LogP contribution in [0.4, 0.5) is 5.95 Å². The molecule has 39 heavy (non-hydrogen) atoms. The topological polar surface area (TPSA) is 117 Å². The van der Waals surface area contributed by atoms with Gasteiger partial charge in [-0.1, -0.05) is 47.5 Å². The fourth-order valence-corrected chi connectivity index (χ4v) is 5.24. The van der Waals surface area contributed by atoms with Gasteiger partial charge in [0.25, 0.3) is 5.91 Å². The first-order valence-electron chi connectivity index (χ1n) is 12.8. The highest BCUT2D eigenvalue weighted by Gasteiger charge is 2.35. The SMILES string of the molecule is C[C@H](C(=O)N[C@H](CO)c1cccc(Cl)c1)N1Cc2ccc(-c3nc(NC4CCOCC4)ncc3Cl)cc2C1=O. The molecule has 2 atom stereocenters. The first-order valence-corrected chi connectivity index (χ1v) is 13.6. The van der Waals surface area contributed by atoms with Gasteiger partial charge in [0.2, 0.25) is 11.9 Å². The summed E-state index contributed by atoms with van der Waals surface area (Å²) in [6.07, 6.45) is 3.29. The lowest BCUT2D eigenvalue weighted by molar-refractivity contribution is -0.126. The molecule has 11 heteroatoms. The van der Waals surface area contributed by atoms with Crippen LogP contribution in [0.5, 0.6) is 0 Å². The standard InChI is InChI=1S/C28H29Cl2N5O4/c1-16(26(37)33-24(15-36)17-3-2-4-20(29)11-17)35-14-19-6-5-18(12-22(19)27(35)38)25-23(30)13-31-28(34-25)32-21-7-9-39-10-8-21/h2-6,11-13,16,21,24,36H,7-10,14-15H2,1H3,(H,33,37)(H,31,32,34)/t16-,24-/m1/s1. The number of anilines is 1. The molecule has 0 spiro atoms. The van der Waals surface area contributed by atoms with E-state index in [2.05, 4.69) is 20.6 Å². The lowest BCUT2D eigenvalue weighted by Crippen LogP contribution is -2.46. The van der Waals surface area contributed by atoms with Gasteiger partial charge in [-0.3, -0.25) is 9.59 Å². The first-order chi connectivity index (χ1) is 18.8. The maximum absolute atomic E-state index is 13.4. The van der Waals surface area contributed by atoms with E-state index in [1.807, 2.05) is 12.1 Å². The molecule has 2 aliphatic rings. The third-order valence-electron chi connectivity index (χ3n) is 7.11. The summed E-state index contributed by atoms with van der Waals surface area (Å²) >= 11 is 12.5. The van der Waals surface area contributed by atoms with Crippen molar-refractivity contribution in [1.29, 1.82) is 0 Å². The second-order valence-electron chi connectivity index (χ2n) is 9.70. The Morgan fingerprint density at radius 2 is 2.00 bits per heavy atom. The second kappa shape index (κ2) is 11.9. The molecule has 2 aliphatic heterocycles. The average Bonchev–Trinajstić information content (AvgIpc) is 3.28. The van der Waals surface area contributed by atoms with Crippen LogP contribution in [0.3, 0.4) is 0 Å². The van der Waals surface area contributed by atoms with Gasteiger partial charge in [0.1, 0.15) is 6.04 Å². The Hall–Kier alpha value is -3.24. The minimum atomic E-state index is -0.764. The number of aliphatic hydroxyl groups is 1. The number of aromatic nitrogens is 2. The van der Waals surface area contributed by atoms with E-state index in [9.17, 15) is 14.7 Å². The Kier molecular flexibility index (Phi) is 8.32. The van der Waals surface area contributed by atoms with Crippen molar-refractivity contribution in [2.45, 2.75) is 44.4 Å². The van der Waals surface area contributed by atoms with Crippen molar-refractivity contribution >= 4 is 41.0 Å². The highest BCUT2D eigenvalue weighted by atomic mass is 35.5. The number of halogens is 2. The highest BCUT2D eigenvalue weighted by Crippen LogP contribution is 2.32. The third-order valence-corrected chi connectivity index (χ3v) is 7.62. The van der Waals surface area contributed by atoms with Crippen LogP contribution in [-0.4, -0.2) is 63.7 Å². The minimum absolute atomic E-state index is 0.222. The number of amides is 2. The highest BCUT2D eigenvalue weighted by molar-refractivity contribution is 6.33. The van der Waals surface area contributed by atoms with E-state index in [1.165, 1.54) is 4.90 Å². The maximum atomic E-state index is 13.4. The van der Waals surface area contributed by atoms with Gasteiger partial charge in [-0.25, -0.2) is 9.97 Å². The Labute approximate surface area is 236 Å². The van der Waals surface area contributed by atoms with Gasteiger partial charge >= 0.3 is 0 Å². The first kappa shape index (κ1) is 27.3. The zero-order valence-corrected chi connectivity index (χ0v) is 22.9. The van der Waals surface area contributed by atoms with Crippen molar-refractivity contribution in [3.63, 3.8) is 0 Å². The van der Waals surface area contributed by atoms with Crippen LogP contribution in [0.1, 0.15) is 47.3 Å². The molecule has 2 aromatic carbocycles. The summed E-state index contributed by atoms with van der Waals surface area (Å²) in [6, 6.07) is 11.2. The molecule has 5 rings (SSSR count). The zero-order chi connectivity index (χ0) is 27.5. The molecule has 1 aromatic heterocycles. The number of carbonyl (C=O) groups excluding carboxylic acids is 2. The summed E-state index contributed by atoms with van der Waals surface area (Å²) in [5.74, 6) is -0.167. The van der Waals surface area contributed by atoms with Crippen LogP contribution in [0, 0.1) is 0 Å². The van der Waals surface area contributed by atoms with Gasteiger partial charge < -0.3 is 25.4 Å². The van der Waals surface area contributed by atoms with Crippen molar-refractivity contribution in [1.82, 2.24) is 20.2 Å². The van der Waals surface area contributed by atoms with E-state index in [0.717, 1.165) is 18.4 Å². The van der Waals surface area contributed by atoms with Gasteiger partial charge in [-0.15, -0.1) is 0 Å². The van der Waals surface area contributed by atoms with Crippen LogP contribution in [-0.2, 0) is 16.1 Å². The molecule has 204 valence electrons. The molecule has 0 aliphatic carbocycles. The summed E-state index contributed by atoms with van der Waals surface area (Å²) < 4.78 is 5.41. The number of nitrogens with one attached hydrogen (secondary N) is 2. The largest absolute Gasteiger partial charge is 0.394 e. The van der Waals surface area contributed by atoms with E-state index >= 15 is 0 Å². The molecule has 3 aromatic rings. The normalized spacial score (nSPS) is 17.0. The van der Waals surface area contributed by atoms with Crippen molar-refractivity contribution in [2.24, 2.45) is 0 Å². The number of aliphatic hydroxyl groups excluding tert-OH is 1. The van der Waals surface area contributed by atoms with Gasteiger partial charge in [0.05, 0.1) is 29.6 Å². The molecule has 0 unspecified atom stereocenters. The molecule has 0 bridgehead atoms. The maximum Gasteiger partial charge on any atom is 0.255 e. The lowest BCUT2D eigenvalue weighted by Gasteiger charge is -2.26. The monoisotopic (exact) mass is 569 g/mol. The summed E-state index contributed by atoms with van der Waals surface area (Å²) in [5, 5.41) is 16.9. The number of benzene rings is 2. The number of carbonyl (C=O) groups is 2.